The van der Waals surface area contributed by atoms with Gasteiger partial charge in [0.1, 0.15) is 0 Å². The minimum absolute atomic E-state index is 0.102. The summed E-state index contributed by atoms with van der Waals surface area (Å²) in [6, 6.07) is 11.9. The van der Waals surface area contributed by atoms with Gasteiger partial charge in [-0.25, -0.2) is 18.5 Å². The van der Waals surface area contributed by atoms with Crippen LogP contribution in [-0.2, 0) is 10.0 Å². The van der Waals surface area contributed by atoms with E-state index in [0.29, 0.717) is 0 Å². The molecule has 2 aliphatic carbocycles. The number of hydrogen-bond acceptors (Lipinski definition) is 4. The largest absolute Gasteiger partial charge is 0.255 e. The van der Waals surface area contributed by atoms with Crippen molar-refractivity contribution in [2.24, 2.45) is 10.6 Å². The van der Waals surface area contributed by atoms with E-state index >= 15 is 0 Å². The van der Waals surface area contributed by atoms with Crippen LogP contribution >= 0.6 is 11.8 Å². The predicted octanol–water partition coefficient (Wildman–Crippen LogP) is 4.49. The molecule has 4 rings (SSSR count). The first kappa shape index (κ1) is 18.5. The maximum Gasteiger partial charge on any atom is 0.255 e. The molecule has 2 aromatic rings. The Hall–Kier alpha value is -1.89. The van der Waals surface area contributed by atoms with E-state index in [1.165, 1.54) is 34.9 Å². The van der Waals surface area contributed by atoms with Gasteiger partial charge in [-0.15, -0.1) is 11.8 Å². The second kappa shape index (κ2) is 6.93. The number of benzene rings is 1. The summed E-state index contributed by atoms with van der Waals surface area (Å²) in [5, 5.41) is 5.08. The molecule has 0 bridgehead atoms. The standard InChI is InChI=1S/C21H22N2O2S2/c1-26-17-7-4-15(5-8-17)18-12-21(10-2-3-11-21)13-19(18)16-6-9-20(23-14-16)27(22,24)25/h4-9,12-14H,2-3,10-11H2,1H3,(H2,22,24,25). The summed E-state index contributed by atoms with van der Waals surface area (Å²) >= 11 is 1.73. The molecule has 0 atom stereocenters. The molecule has 0 saturated heterocycles. The van der Waals surface area contributed by atoms with Crippen LogP contribution in [0.25, 0.3) is 11.1 Å². The molecule has 27 heavy (non-hydrogen) atoms. The van der Waals surface area contributed by atoms with Gasteiger partial charge in [0.15, 0.2) is 5.03 Å². The van der Waals surface area contributed by atoms with Gasteiger partial charge in [0, 0.05) is 22.1 Å². The van der Waals surface area contributed by atoms with Gasteiger partial charge in [0.2, 0.25) is 0 Å². The van der Waals surface area contributed by atoms with Crippen molar-refractivity contribution < 1.29 is 8.42 Å². The molecule has 140 valence electrons. The Morgan fingerprint density at radius 3 is 2.07 bits per heavy atom. The number of thioether (sulfide) groups is 1. The number of sulfonamides is 1. The highest BCUT2D eigenvalue weighted by Crippen LogP contribution is 2.51. The first-order chi connectivity index (χ1) is 12.9. The molecule has 1 aromatic carbocycles. The molecule has 4 nitrogen and oxygen atoms in total. The number of pyridine rings is 1. The van der Waals surface area contributed by atoms with Gasteiger partial charge >= 0.3 is 0 Å². The van der Waals surface area contributed by atoms with Crippen LogP contribution in [-0.4, -0.2) is 19.7 Å². The summed E-state index contributed by atoms with van der Waals surface area (Å²) < 4.78 is 23.0. The molecule has 1 fully saturated rings. The van der Waals surface area contributed by atoms with Crippen LogP contribution in [0, 0.1) is 5.41 Å². The van der Waals surface area contributed by atoms with Crippen LogP contribution in [0.4, 0.5) is 0 Å². The number of nitrogens with zero attached hydrogens (tertiary/aromatic N) is 1. The third kappa shape index (κ3) is 3.61. The van der Waals surface area contributed by atoms with Crippen molar-refractivity contribution in [2.75, 3.05) is 6.26 Å². The Morgan fingerprint density at radius 1 is 0.963 bits per heavy atom. The average Bonchev–Trinajstić information content (AvgIpc) is 3.28. The summed E-state index contributed by atoms with van der Waals surface area (Å²) in [6.07, 6.45) is 13.2. The molecular weight excluding hydrogens is 376 g/mol. The second-order valence-corrected chi connectivity index (χ2v) is 9.60. The summed E-state index contributed by atoms with van der Waals surface area (Å²) in [4.78, 5) is 5.31. The topological polar surface area (TPSA) is 73.1 Å². The number of aromatic nitrogens is 1. The van der Waals surface area contributed by atoms with Crippen molar-refractivity contribution in [2.45, 2.75) is 35.6 Å². The fourth-order valence-corrected chi connectivity index (χ4v) is 4.92. The van der Waals surface area contributed by atoms with E-state index < -0.39 is 10.0 Å². The van der Waals surface area contributed by atoms with E-state index in [1.807, 2.05) is 0 Å². The quantitative estimate of drug-likeness (QED) is 0.770. The molecule has 2 aliphatic rings. The smallest absolute Gasteiger partial charge is 0.243 e. The monoisotopic (exact) mass is 398 g/mol. The highest BCUT2D eigenvalue weighted by Gasteiger charge is 2.36. The first-order valence-electron chi connectivity index (χ1n) is 9.00. The van der Waals surface area contributed by atoms with Crippen molar-refractivity contribution in [3.63, 3.8) is 0 Å². The minimum atomic E-state index is -3.79. The Labute approximate surface area is 164 Å². The SMILES string of the molecule is CSc1ccc(C2=CC3(C=C2c2ccc(S(N)(=O)=O)nc2)CCCC3)cc1. The summed E-state index contributed by atoms with van der Waals surface area (Å²) in [7, 11) is -3.79. The number of allylic oxidation sites excluding steroid dienone is 4. The summed E-state index contributed by atoms with van der Waals surface area (Å²) in [5.74, 6) is 0. The normalized spacial score (nSPS) is 18.6. The van der Waals surface area contributed by atoms with E-state index in [2.05, 4.69) is 47.7 Å². The Bertz CT molecular complexity index is 1010. The van der Waals surface area contributed by atoms with Crippen LogP contribution in [0.3, 0.4) is 0 Å². The molecule has 1 spiro atoms. The fraction of sp³-hybridized carbons (Fsp3) is 0.286. The molecule has 6 heteroatoms. The Morgan fingerprint density at radius 2 is 1.56 bits per heavy atom. The maximum absolute atomic E-state index is 11.5. The Balaban J connectivity index is 1.77. The zero-order chi connectivity index (χ0) is 19.1. The van der Waals surface area contributed by atoms with Crippen LogP contribution in [0.1, 0.15) is 36.8 Å². The second-order valence-electron chi connectivity index (χ2n) is 7.21. The average molecular weight is 399 g/mol. The molecule has 1 saturated carbocycles. The molecular formula is C21H22N2O2S2. The fourth-order valence-electron chi connectivity index (χ4n) is 4.05. The lowest BCUT2D eigenvalue weighted by Crippen LogP contribution is -2.13. The third-order valence-electron chi connectivity index (χ3n) is 5.43. The molecule has 1 heterocycles. The lowest BCUT2D eigenvalue weighted by molar-refractivity contribution is 0.523. The zero-order valence-electron chi connectivity index (χ0n) is 15.2. The van der Waals surface area contributed by atoms with Crippen molar-refractivity contribution in [3.05, 3.63) is 65.9 Å². The molecule has 2 N–H and O–H groups in total. The minimum Gasteiger partial charge on any atom is -0.243 e. The van der Waals surface area contributed by atoms with Gasteiger partial charge in [-0.3, -0.25) is 0 Å². The predicted molar refractivity (Wildman–Crippen MR) is 111 cm³/mol. The van der Waals surface area contributed by atoms with Gasteiger partial charge in [-0.2, -0.15) is 0 Å². The van der Waals surface area contributed by atoms with Crippen LogP contribution < -0.4 is 5.14 Å². The van der Waals surface area contributed by atoms with Crippen molar-refractivity contribution in [1.82, 2.24) is 4.98 Å². The summed E-state index contributed by atoms with van der Waals surface area (Å²) in [5.41, 5.74) is 4.54. The van der Waals surface area contributed by atoms with Gasteiger partial charge in [-0.1, -0.05) is 37.1 Å². The van der Waals surface area contributed by atoms with Crippen molar-refractivity contribution in [3.8, 4) is 0 Å². The van der Waals surface area contributed by atoms with E-state index in [1.54, 1.807) is 24.0 Å². The molecule has 0 radical (unpaired) electrons. The van der Waals surface area contributed by atoms with Gasteiger partial charge in [0.05, 0.1) is 0 Å². The number of rotatable bonds is 4. The highest BCUT2D eigenvalue weighted by molar-refractivity contribution is 7.98. The van der Waals surface area contributed by atoms with Gasteiger partial charge in [0.25, 0.3) is 10.0 Å². The number of nitrogens with two attached hydrogens (primary N) is 1. The number of primary sulfonamides is 1. The Kier molecular flexibility index (Phi) is 4.74. The summed E-state index contributed by atoms with van der Waals surface area (Å²) in [6.45, 7) is 0. The van der Waals surface area contributed by atoms with Gasteiger partial charge in [-0.05, 0) is 60.1 Å². The van der Waals surface area contributed by atoms with E-state index in [-0.39, 0.29) is 10.4 Å². The van der Waals surface area contributed by atoms with Gasteiger partial charge < -0.3 is 0 Å². The van der Waals surface area contributed by atoms with E-state index in [4.69, 9.17) is 5.14 Å². The molecule has 0 aliphatic heterocycles. The molecule has 0 unspecified atom stereocenters. The van der Waals surface area contributed by atoms with Crippen molar-refractivity contribution in [1.29, 1.82) is 0 Å². The molecule has 0 amide bonds. The lowest BCUT2D eigenvalue weighted by Gasteiger charge is -2.16. The zero-order valence-corrected chi connectivity index (χ0v) is 16.8. The number of hydrogen-bond donors (Lipinski definition) is 1. The van der Waals surface area contributed by atoms with E-state index in [0.717, 1.165) is 24.0 Å². The highest BCUT2D eigenvalue weighted by atomic mass is 32.2. The van der Waals surface area contributed by atoms with Crippen LogP contribution in [0.15, 0.2) is 64.7 Å². The van der Waals surface area contributed by atoms with Crippen LogP contribution in [0.5, 0.6) is 0 Å². The maximum atomic E-state index is 11.5. The van der Waals surface area contributed by atoms with Crippen molar-refractivity contribution >= 4 is 32.9 Å². The third-order valence-corrected chi connectivity index (χ3v) is 7.00. The van der Waals surface area contributed by atoms with E-state index in [9.17, 15) is 8.42 Å². The lowest BCUT2D eigenvalue weighted by atomic mass is 9.88. The molecule has 1 aromatic heterocycles. The van der Waals surface area contributed by atoms with Crippen LogP contribution in [0.2, 0.25) is 0 Å². The first-order valence-corrected chi connectivity index (χ1v) is 11.8.